The van der Waals surface area contributed by atoms with Crippen LogP contribution in [0.25, 0.3) is 0 Å². The number of benzene rings is 2. The highest BCUT2D eigenvalue weighted by atomic mass is 35.5. The largest absolute Gasteiger partial charge is 0.392 e. The molecule has 4 heteroatoms. The smallest absolute Gasteiger partial charge is 0.123 e. The van der Waals surface area contributed by atoms with Crippen molar-refractivity contribution in [1.29, 1.82) is 0 Å². The molecule has 0 radical (unpaired) electrons. The van der Waals surface area contributed by atoms with Crippen molar-refractivity contribution in [3.05, 3.63) is 64.4 Å². The highest BCUT2D eigenvalue weighted by Crippen LogP contribution is 2.25. The number of rotatable bonds is 4. The number of hydrogen-bond donors (Lipinski definition) is 1. The molecular formula is C15H15ClFNO. The second kappa shape index (κ2) is 6.04. The van der Waals surface area contributed by atoms with E-state index in [0.717, 1.165) is 16.8 Å². The summed E-state index contributed by atoms with van der Waals surface area (Å²) in [5.41, 5.74) is 2.68. The van der Waals surface area contributed by atoms with Crippen molar-refractivity contribution >= 4 is 17.3 Å². The first-order chi connectivity index (χ1) is 9.10. The van der Waals surface area contributed by atoms with Crippen molar-refractivity contribution < 1.29 is 9.50 Å². The lowest BCUT2D eigenvalue weighted by Crippen LogP contribution is -2.18. The Hall–Kier alpha value is -1.58. The van der Waals surface area contributed by atoms with Gasteiger partial charge >= 0.3 is 0 Å². The molecule has 0 aliphatic rings. The molecular weight excluding hydrogens is 265 g/mol. The molecule has 19 heavy (non-hydrogen) atoms. The summed E-state index contributed by atoms with van der Waals surface area (Å²) in [5.74, 6) is -0.245. The van der Waals surface area contributed by atoms with E-state index in [0.29, 0.717) is 11.6 Å². The number of aliphatic hydroxyl groups excluding tert-OH is 1. The first kappa shape index (κ1) is 13.8. The average molecular weight is 280 g/mol. The second-order valence-electron chi connectivity index (χ2n) is 4.41. The predicted octanol–water partition coefficient (Wildman–Crippen LogP) is 3.61. The number of nitrogens with zero attached hydrogens (tertiary/aromatic N) is 1. The van der Waals surface area contributed by atoms with E-state index < -0.39 is 0 Å². The maximum absolute atomic E-state index is 12.9. The van der Waals surface area contributed by atoms with Crippen molar-refractivity contribution in [2.24, 2.45) is 0 Å². The van der Waals surface area contributed by atoms with Crippen LogP contribution in [0, 0.1) is 5.82 Å². The minimum Gasteiger partial charge on any atom is -0.392 e. The van der Waals surface area contributed by atoms with Crippen LogP contribution in [-0.4, -0.2) is 12.2 Å². The van der Waals surface area contributed by atoms with E-state index in [-0.39, 0.29) is 12.4 Å². The van der Waals surface area contributed by atoms with Crippen LogP contribution in [0.5, 0.6) is 0 Å². The summed E-state index contributed by atoms with van der Waals surface area (Å²) in [6, 6.07) is 11.7. The topological polar surface area (TPSA) is 23.5 Å². The Morgan fingerprint density at radius 1 is 1.16 bits per heavy atom. The first-order valence-corrected chi connectivity index (χ1v) is 6.33. The molecule has 2 aromatic rings. The van der Waals surface area contributed by atoms with Gasteiger partial charge in [0, 0.05) is 29.9 Å². The summed E-state index contributed by atoms with van der Waals surface area (Å²) in [6.07, 6.45) is 0. The van der Waals surface area contributed by atoms with Crippen LogP contribution < -0.4 is 4.90 Å². The van der Waals surface area contributed by atoms with Crippen LogP contribution in [0.15, 0.2) is 42.5 Å². The standard InChI is InChI=1S/C15H15ClFNO/c1-18(9-11-2-6-14(17)7-3-11)15-8-13(16)5-4-12(15)10-19/h2-8,19H,9-10H2,1H3. The average Bonchev–Trinajstić information content (AvgIpc) is 2.41. The zero-order chi connectivity index (χ0) is 13.8. The van der Waals surface area contributed by atoms with E-state index in [2.05, 4.69) is 0 Å². The lowest BCUT2D eigenvalue weighted by Gasteiger charge is -2.22. The Morgan fingerprint density at radius 2 is 1.84 bits per heavy atom. The van der Waals surface area contributed by atoms with Crippen molar-refractivity contribution in [2.45, 2.75) is 13.2 Å². The fourth-order valence-electron chi connectivity index (χ4n) is 1.97. The van der Waals surface area contributed by atoms with Gasteiger partial charge in [0.2, 0.25) is 0 Å². The van der Waals surface area contributed by atoms with Crippen LogP contribution >= 0.6 is 11.6 Å². The summed E-state index contributed by atoms with van der Waals surface area (Å²) in [6.45, 7) is 0.577. The number of halogens is 2. The Morgan fingerprint density at radius 3 is 2.47 bits per heavy atom. The quantitative estimate of drug-likeness (QED) is 0.924. The van der Waals surface area contributed by atoms with Gasteiger partial charge in [-0.3, -0.25) is 0 Å². The maximum atomic E-state index is 12.9. The SMILES string of the molecule is CN(Cc1ccc(F)cc1)c1cc(Cl)ccc1CO. The van der Waals surface area contributed by atoms with Crippen LogP contribution in [-0.2, 0) is 13.2 Å². The molecule has 0 saturated carbocycles. The minimum atomic E-state index is -0.245. The summed E-state index contributed by atoms with van der Waals surface area (Å²) in [4.78, 5) is 1.98. The van der Waals surface area contributed by atoms with Gasteiger partial charge in [-0.1, -0.05) is 29.8 Å². The third-order valence-corrected chi connectivity index (χ3v) is 3.20. The van der Waals surface area contributed by atoms with E-state index >= 15 is 0 Å². The molecule has 1 N–H and O–H groups in total. The minimum absolute atomic E-state index is 0.0414. The van der Waals surface area contributed by atoms with Crippen LogP contribution in [0.2, 0.25) is 5.02 Å². The molecule has 0 fully saturated rings. The van der Waals surface area contributed by atoms with Gasteiger partial charge in [0.05, 0.1) is 6.61 Å². The normalized spacial score (nSPS) is 10.5. The summed E-state index contributed by atoms with van der Waals surface area (Å²) >= 11 is 5.98. The lowest BCUT2D eigenvalue weighted by molar-refractivity contribution is 0.282. The second-order valence-corrected chi connectivity index (χ2v) is 4.85. The molecule has 2 aromatic carbocycles. The summed E-state index contributed by atoms with van der Waals surface area (Å²) in [7, 11) is 1.91. The van der Waals surface area contributed by atoms with E-state index in [1.165, 1.54) is 12.1 Å². The summed E-state index contributed by atoms with van der Waals surface area (Å²) < 4.78 is 12.9. The van der Waals surface area contributed by atoms with Crippen LogP contribution in [0.1, 0.15) is 11.1 Å². The summed E-state index contributed by atoms with van der Waals surface area (Å²) in [5, 5.41) is 9.96. The predicted molar refractivity (Wildman–Crippen MR) is 75.9 cm³/mol. The van der Waals surface area contributed by atoms with Gasteiger partial charge in [-0.2, -0.15) is 0 Å². The zero-order valence-corrected chi connectivity index (χ0v) is 11.4. The molecule has 100 valence electrons. The van der Waals surface area contributed by atoms with Gasteiger partial charge in [-0.15, -0.1) is 0 Å². The molecule has 0 saturated heterocycles. The highest BCUT2D eigenvalue weighted by Gasteiger charge is 2.08. The van der Waals surface area contributed by atoms with Crippen LogP contribution in [0.4, 0.5) is 10.1 Å². The molecule has 2 nitrogen and oxygen atoms in total. The first-order valence-electron chi connectivity index (χ1n) is 5.95. The maximum Gasteiger partial charge on any atom is 0.123 e. The highest BCUT2D eigenvalue weighted by molar-refractivity contribution is 6.30. The van der Waals surface area contributed by atoms with Gasteiger partial charge in [0.15, 0.2) is 0 Å². The van der Waals surface area contributed by atoms with Gasteiger partial charge < -0.3 is 10.0 Å². The Balaban J connectivity index is 2.21. The Bertz CT molecular complexity index is 557. The fourth-order valence-corrected chi connectivity index (χ4v) is 2.14. The molecule has 0 bridgehead atoms. The van der Waals surface area contributed by atoms with Gasteiger partial charge in [-0.05, 0) is 29.8 Å². The molecule has 0 amide bonds. The third kappa shape index (κ3) is 3.46. The van der Waals surface area contributed by atoms with Crippen molar-refractivity contribution in [3.8, 4) is 0 Å². The molecule has 0 atom stereocenters. The third-order valence-electron chi connectivity index (χ3n) is 2.96. The number of hydrogen-bond acceptors (Lipinski definition) is 2. The van der Waals surface area contributed by atoms with Gasteiger partial charge in [0.25, 0.3) is 0 Å². The molecule has 0 unspecified atom stereocenters. The fraction of sp³-hybridized carbons (Fsp3) is 0.200. The molecule has 2 rings (SSSR count). The zero-order valence-electron chi connectivity index (χ0n) is 10.6. The van der Waals surface area contributed by atoms with Crippen molar-refractivity contribution in [1.82, 2.24) is 0 Å². The molecule has 0 spiro atoms. The number of aliphatic hydroxyl groups is 1. The molecule has 0 heterocycles. The Labute approximate surface area is 117 Å². The van der Waals surface area contributed by atoms with Crippen molar-refractivity contribution in [2.75, 3.05) is 11.9 Å². The van der Waals surface area contributed by atoms with E-state index in [1.807, 2.05) is 18.0 Å². The van der Waals surface area contributed by atoms with Crippen molar-refractivity contribution in [3.63, 3.8) is 0 Å². The van der Waals surface area contributed by atoms with E-state index in [9.17, 15) is 9.50 Å². The molecule has 0 aliphatic heterocycles. The molecule has 0 aliphatic carbocycles. The lowest BCUT2D eigenvalue weighted by atomic mass is 10.1. The van der Waals surface area contributed by atoms with E-state index in [1.54, 1.807) is 24.3 Å². The van der Waals surface area contributed by atoms with Gasteiger partial charge in [0.1, 0.15) is 5.82 Å². The van der Waals surface area contributed by atoms with Crippen LogP contribution in [0.3, 0.4) is 0 Å². The Kier molecular flexibility index (Phi) is 4.40. The monoisotopic (exact) mass is 279 g/mol. The number of anilines is 1. The molecule has 0 aromatic heterocycles. The van der Waals surface area contributed by atoms with E-state index in [4.69, 9.17) is 11.6 Å². The van der Waals surface area contributed by atoms with Gasteiger partial charge in [-0.25, -0.2) is 4.39 Å².